The van der Waals surface area contributed by atoms with Gasteiger partial charge in [0.1, 0.15) is 11.8 Å². The molecule has 0 heterocycles. The molecule has 5 heteroatoms. The number of methoxy groups -OCH3 is 1. The van der Waals surface area contributed by atoms with Crippen LogP contribution in [0.1, 0.15) is 22.7 Å². The van der Waals surface area contributed by atoms with Crippen molar-refractivity contribution in [1.29, 1.82) is 0 Å². The molecule has 1 unspecified atom stereocenters. The van der Waals surface area contributed by atoms with Crippen LogP contribution in [0.25, 0.3) is 0 Å². The van der Waals surface area contributed by atoms with Gasteiger partial charge in [0.05, 0.1) is 7.11 Å². The molecule has 0 aliphatic carbocycles. The van der Waals surface area contributed by atoms with E-state index in [-0.39, 0.29) is 0 Å². The van der Waals surface area contributed by atoms with E-state index < -0.39 is 12.5 Å². The predicted octanol–water partition coefficient (Wildman–Crippen LogP) is 2.08. The number of halogens is 2. The maximum atomic E-state index is 12.7. The van der Waals surface area contributed by atoms with Gasteiger partial charge in [-0.05, 0) is 36.6 Å². The minimum atomic E-state index is -2.54. The first-order valence-corrected chi connectivity index (χ1v) is 4.90. The van der Waals surface area contributed by atoms with Crippen molar-refractivity contribution in [2.24, 2.45) is 5.84 Å². The molecule has 1 aromatic carbocycles. The summed E-state index contributed by atoms with van der Waals surface area (Å²) in [6.07, 6.45) is -2.54. The summed E-state index contributed by atoms with van der Waals surface area (Å²) in [5, 5.41) is 0. The van der Waals surface area contributed by atoms with Gasteiger partial charge in [-0.2, -0.15) is 0 Å². The van der Waals surface area contributed by atoms with Crippen LogP contribution >= 0.6 is 0 Å². The highest BCUT2D eigenvalue weighted by Gasteiger charge is 2.23. The van der Waals surface area contributed by atoms with E-state index >= 15 is 0 Å². The molecule has 0 radical (unpaired) electrons. The summed E-state index contributed by atoms with van der Waals surface area (Å²) >= 11 is 0. The molecule has 1 atom stereocenters. The molecule has 0 saturated carbocycles. The van der Waals surface area contributed by atoms with Crippen molar-refractivity contribution in [2.45, 2.75) is 26.3 Å². The van der Waals surface area contributed by atoms with Gasteiger partial charge < -0.3 is 4.74 Å². The van der Waals surface area contributed by atoms with Gasteiger partial charge >= 0.3 is 0 Å². The average molecular weight is 230 g/mol. The Morgan fingerprint density at radius 1 is 1.25 bits per heavy atom. The van der Waals surface area contributed by atoms with Crippen LogP contribution < -0.4 is 16.0 Å². The molecule has 90 valence electrons. The zero-order chi connectivity index (χ0) is 12.3. The number of hydrazine groups is 1. The lowest BCUT2D eigenvalue weighted by Gasteiger charge is -2.19. The minimum Gasteiger partial charge on any atom is -0.496 e. The smallest absolute Gasteiger partial charge is 0.259 e. The van der Waals surface area contributed by atoms with E-state index in [0.717, 1.165) is 11.1 Å². The van der Waals surface area contributed by atoms with Crippen LogP contribution in [0.4, 0.5) is 8.78 Å². The SMILES string of the molecule is COc1cc(C)c(C(NN)C(F)F)cc1C. The molecule has 0 aromatic heterocycles. The summed E-state index contributed by atoms with van der Waals surface area (Å²) in [5.74, 6) is 5.82. The molecular formula is C11H16F2N2O. The van der Waals surface area contributed by atoms with Crippen molar-refractivity contribution in [1.82, 2.24) is 5.43 Å². The van der Waals surface area contributed by atoms with E-state index in [9.17, 15) is 8.78 Å². The number of ether oxygens (including phenoxy) is 1. The number of hydrogen-bond donors (Lipinski definition) is 2. The maximum absolute atomic E-state index is 12.7. The first-order valence-electron chi connectivity index (χ1n) is 4.90. The van der Waals surface area contributed by atoms with Crippen LogP contribution in [-0.4, -0.2) is 13.5 Å². The molecule has 0 fully saturated rings. The third-order valence-corrected chi connectivity index (χ3v) is 2.55. The van der Waals surface area contributed by atoms with Gasteiger partial charge in [0.15, 0.2) is 0 Å². The molecule has 0 saturated heterocycles. The first kappa shape index (κ1) is 12.9. The second-order valence-electron chi connectivity index (χ2n) is 3.66. The summed E-state index contributed by atoms with van der Waals surface area (Å²) in [7, 11) is 1.55. The Morgan fingerprint density at radius 2 is 1.88 bits per heavy atom. The third kappa shape index (κ3) is 2.48. The highest BCUT2D eigenvalue weighted by atomic mass is 19.3. The fraction of sp³-hybridized carbons (Fsp3) is 0.455. The normalized spacial score (nSPS) is 12.9. The molecule has 0 amide bonds. The molecule has 1 rings (SSSR count). The number of hydrogen-bond acceptors (Lipinski definition) is 3. The summed E-state index contributed by atoms with van der Waals surface area (Å²) in [6, 6.07) is 2.26. The van der Waals surface area contributed by atoms with E-state index in [1.165, 1.54) is 0 Å². The van der Waals surface area contributed by atoms with E-state index in [4.69, 9.17) is 10.6 Å². The number of rotatable bonds is 4. The van der Waals surface area contributed by atoms with E-state index in [1.54, 1.807) is 33.1 Å². The Hall–Kier alpha value is -1.20. The second-order valence-corrected chi connectivity index (χ2v) is 3.66. The standard InChI is InChI=1S/C11H16F2N2O/c1-6-5-9(16-3)7(2)4-8(6)10(15-14)11(12)13/h4-5,10-11,15H,14H2,1-3H3. The van der Waals surface area contributed by atoms with Crippen LogP contribution in [0.3, 0.4) is 0 Å². The Labute approximate surface area is 93.6 Å². The van der Waals surface area contributed by atoms with E-state index in [2.05, 4.69) is 5.43 Å². The second kappa shape index (κ2) is 5.23. The number of alkyl halides is 2. The Kier molecular flexibility index (Phi) is 4.20. The number of aryl methyl sites for hydroxylation is 2. The van der Waals surface area contributed by atoms with Crippen molar-refractivity contribution in [3.05, 3.63) is 28.8 Å². The van der Waals surface area contributed by atoms with E-state index in [1.807, 2.05) is 0 Å². The molecule has 1 aromatic rings. The summed E-state index contributed by atoms with van der Waals surface area (Å²) in [5.41, 5.74) is 4.17. The largest absolute Gasteiger partial charge is 0.496 e. The van der Waals surface area contributed by atoms with E-state index in [0.29, 0.717) is 11.3 Å². The Bertz CT molecular complexity index is 369. The van der Waals surface area contributed by atoms with Crippen molar-refractivity contribution >= 4 is 0 Å². The number of nitrogens with two attached hydrogens (primary N) is 1. The van der Waals surface area contributed by atoms with Crippen molar-refractivity contribution in [2.75, 3.05) is 7.11 Å². The van der Waals surface area contributed by atoms with Gasteiger partial charge in [-0.1, -0.05) is 6.07 Å². The van der Waals surface area contributed by atoms with Crippen LogP contribution in [0.2, 0.25) is 0 Å². The zero-order valence-electron chi connectivity index (χ0n) is 9.55. The fourth-order valence-corrected chi connectivity index (χ4v) is 1.67. The average Bonchev–Trinajstić information content (AvgIpc) is 2.23. The highest BCUT2D eigenvalue weighted by Crippen LogP contribution is 2.29. The van der Waals surface area contributed by atoms with Gasteiger partial charge in [-0.3, -0.25) is 5.84 Å². The fourth-order valence-electron chi connectivity index (χ4n) is 1.67. The predicted molar refractivity (Wildman–Crippen MR) is 58.5 cm³/mol. The molecule has 0 aliphatic rings. The highest BCUT2D eigenvalue weighted by molar-refractivity contribution is 5.43. The minimum absolute atomic E-state index is 0.496. The van der Waals surface area contributed by atoms with Crippen molar-refractivity contribution in [3.8, 4) is 5.75 Å². The molecular weight excluding hydrogens is 214 g/mol. The third-order valence-electron chi connectivity index (χ3n) is 2.55. The van der Waals surface area contributed by atoms with Crippen molar-refractivity contribution in [3.63, 3.8) is 0 Å². The number of benzene rings is 1. The van der Waals surface area contributed by atoms with Gasteiger partial charge in [0.2, 0.25) is 0 Å². The Morgan fingerprint density at radius 3 is 2.31 bits per heavy atom. The van der Waals surface area contributed by atoms with Crippen LogP contribution in [0, 0.1) is 13.8 Å². The first-order chi connectivity index (χ1) is 7.51. The zero-order valence-corrected chi connectivity index (χ0v) is 9.55. The molecule has 0 spiro atoms. The molecule has 3 nitrogen and oxygen atoms in total. The monoisotopic (exact) mass is 230 g/mol. The number of nitrogens with one attached hydrogen (secondary N) is 1. The van der Waals surface area contributed by atoms with Crippen LogP contribution in [0.5, 0.6) is 5.75 Å². The van der Waals surface area contributed by atoms with Crippen molar-refractivity contribution < 1.29 is 13.5 Å². The topological polar surface area (TPSA) is 47.3 Å². The van der Waals surface area contributed by atoms with Gasteiger partial charge in [-0.25, -0.2) is 14.2 Å². The molecule has 0 aliphatic heterocycles. The van der Waals surface area contributed by atoms with Crippen LogP contribution in [-0.2, 0) is 0 Å². The quantitative estimate of drug-likeness (QED) is 0.615. The van der Waals surface area contributed by atoms with Crippen LogP contribution in [0.15, 0.2) is 12.1 Å². The Balaban J connectivity index is 3.18. The lowest BCUT2D eigenvalue weighted by Crippen LogP contribution is -2.33. The van der Waals surface area contributed by atoms with Gasteiger partial charge in [0.25, 0.3) is 6.43 Å². The summed E-state index contributed by atoms with van der Waals surface area (Å²) < 4.78 is 30.5. The lowest BCUT2D eigenvalue weighted by atomic mass is 9.99. The lowest BCUT2D eigenvalue weighted by molar-refractivity contribution is 0.0983. The summed E-state index contributed by atoms with van der Waals surface area (Å²) in [4.78, 5) is 0. The molecule has 16 heavy (non-hydrogen) atoms. The summed E-state index contributed by atoms with van der Waals surface area (Å²) in [6.45, 7) is 3.56. The molecule has 3 N–H and O–H groups in total. The van der Waals surface area contributed by atoms with Gasteiger partial charge in [0, 0.05) is 0 Å². The molecule has 0 bridgehead atoms. The van der Waals surface area contributed by atoms with Gasteiger partial charge in [-0.15, -0.1) is 0 Å². The maximum Gasteiger partial charge on any atom is 0.259 e.